The highest BCUT2D eigenvalue weighted by Crippen LogP contribution is 2.27. The first kappa shape index (κ1) is 19.7. The molecule has 2 aromatic rings. The van der Waals surface area contributed by atoms with E-state index in [0.717, 1.165) is 10.0 Å². The van der Waals surface area contributed by atoms with E-state index in [0.29, 0.717) is 22.0 Å². The lowest BCUT2D eigenvalue weighted by Crippen LogP contribution is -2.54. The second kappa shape index (κ2) is 8.30. The average molecular weight is 426 g/mol. The summed E-state index contributed by atoms with van der Waals surface area (Å²) in [5.41, 5.74) is 0.739. The smallest absolute Gasteiger partial charge is 0.273 e. The van der Waals surface area contributed by atoms with Crippen LogP contribution in [0.2, 0.25) is 15.1 Å². The van der Waals surface area contributed by atoms with Gasteiger partial charge in [-0.05, 0) is 36.2 Å². The number of hydrogen-bond acceptors (Lipinski definition) is 3. The minimum Gasteiger partial charge on any atom is -0.273 e. The summed E-state index contributed by atoms with van der Waals surface area (Å²) in [6.07, 6.45) is 0.836. The molecule has 0 bridgehead atoms. The van der Waals surface area contributed by atoms with Crippen LogP contribution in [0.25, 0.3) is 0 Å². The Bertz CT molecular complexity index is 901. The van der Waals surface area contributed by atoms with E-state index in [2.05, 4.69) is 0 Å². The Morgan fingerprint density at radius 2 is 1.63 bits per heavy atom. The summed E-state index contributed by atoms with van der Waals surface area (Å²) in [6.45, 7) is -0.0719. The second-order valence-electron chi connectivity index (χ2n) is 6.03. The zero-order valence-corrected chi connectivity index (χ0v) is 16.4. The van der Waals surface area contributed by atoms with Crippen LogP contribution in [0.4, 0.5) is 0 Å². The number of halogens is 3. The number of piperidine rings is 1. The molecule has 2 aromatic carbocycles. The molecule has 0 radical (unpaired) electrons. The molecule has 0 spiro atoms. The summed E-state index contributed by atoms with van der Waals surface area (Å²) in [6, 6.07) is 11.3. The Kier molecular flexibility index (Phi) is 6.05. The Balaban J connectivity index is 2.03. The molecule has 0 saturated carbocycles. The van der Waals surface area contributed by atoms with Crippen LogP contribution >= 0.6 is 34.8 Å². The van der Waals surface area contributed by atoms with Crippen molar-refractivity contribution in [3.05, 3.63) is 68.7 Å². The predicted octanol–water partition coefficient (Wildman–Crippen LogP) is 4.74. The van der Waals surface area contributed by atoms with Crippen molar-refractivity contribution in [1.29, 1.82) is 0 Å². The van der Waals surface area contributed by atoms with Crippen LogP contribution in [0.3, 0.4) is 0 Å². The average Bonchev–Trinajstić information content (AvgIpc) is 2.62. The third kappa shape index (κ3) is 4.26. The van der Waals surface area contributed by atoms with Crippen LogP contribution in [0, 0.1) is 0 Å². The number of carbonyl (C=O) groups is 3. The fourth-order valence-electron chi connectivity index (χ4n) is 2.83. The molecule has 5 nitrogen and oxygen atoms in total. The first-order valence-corrected chi connectivity index (χ1v) is 9.38. The quantitative estimate of drug-likeness (QED) is 0.665. The standard InChI is InChI=1S/C19H15Cl3N2O3/c20-13-9-8-12(16(22)10-13)11-23(24-17(25)6-3-7-18(24)26)19(27)14-4-1-2-5-15(14)21/h1-2,4-5,8-10H,3,6-7,11H2. The molecule has 27 heavy (non-hydrogen) atoms. The first-order valence-electron chi connectivity index (χ1n) is 8.24. The van der Waals surface area contributed by atoms with Gasteiger partial charge in [0.25, 0.3) is 5.91 Å². The monoisotopic (exact) mass is 424 g/mol. The van der Waals surface area contributed by atoms with Gasteiger partial charge in [0.1, 0.15) is 0 Å². The molecule has 1 fully saturated rings. The van der Waals surface area contributed by atoms with Gasteiger partial charge in [-0.25, -0.2) is 5.01 Å². The van der Waals surface area contributed by atoms with E-state index < -0.39 is 17.7 Å². The van der Waals surface area contributed by atoms with E-state index in [-0.39, 0.29) is 30.0 Å². The molecule has 1 saturated heterocycles. The van der Waals surface area contributed by atoms with Crippen molar-refractivity contribution >= 4 is 52.5 Å². The number of rotatable bonds is 4. The van der Waals surface area contributed by atoms with Gasteiger partial charge in [0.05, 0.1) is 17.1 Å². The lowest BCUT2D eigenvalue weighted by Gasteiger charge is -2.35. The van der Waals surface area contributed by atoms with E-state index in [1.54, 1.807) is 36.4 Å². The molecule has 0 atom stereocenters. The molecule has 1 aliphatic rings. The lowest BCUT2D eigenvalue weighted by molar-refractivity contribution is -0.164. The van der Waals surface area contributed by atoms with Crippen LogP contribution in [0.1, 0.15) is 35.2 Å². The zero-order chi connectivity index (χ0) is 19.6. The van der Waals surface area contributed by atoms with Crippen LogP contribution in [-0.2, 0) is 16.1 Å². The van der Waals surface area contributed by atoms with Gasteiger partial charge in [0.15, 0.2) is 0 Å². The second-order valence-corrected chi connectivity index (χ2v) is 7.28. The third-order valence-corrected chi connectivity index (χ3v) is 5.09. The number of imide groups is 1. The highest BCUT2D eigenvalue weighted by atomic mass is 35.5. The Morgan fingerprint density at radius 1 is 0.963 bits per heavy atom. The molecule has 0 aliphatic carbocycles. The number of hydrogen-bond donors (Lipinski definition) is 0. The molecule has 0 unspecified atom stereocenters. The maximum absolute atomic E-state index is 13.2. The van der Waals surface area contributed by atoms with Gasteiger partial charge in [-0.2, -0.15) is 5.01 Å². The van der Waals surface area contributed by atoms with Gasteiger partial charge < -0.3 is 0 Å². The summed E-state index contributed by atoms with van der Waals surface area (Å²) in [5, 5.41) is 3.00. The minimum atomic E-state index is -0.560. The van der Waals surface area contributed by atoms with Gasteiger partial charge >= 0.3 is 0 Å². The van der Waals surface area contributed by atoms with Crippen LogP contribution in [-0.4, -0.2) is 27.7 Å². The fourth-order valence-corrected chi connectivity index (χ4v) is 3.51. The first-order chi connectivity index (χ1) is 12.9. The lowest BCUT2D eigenvalue weighted by atomic mass is 10.1. The van der Waals surface area contributed by atoms with Crippen molar-refractivity contribution in [1.82, 2.24) is 10.0 Å². The van der Waals surface area contributed by atoms with Gasteiger partial charge in [-0.1, -0.05) is 53.0 Å². The fraction of sp³-hybridized carbons (Fsp3) is 0.211. The Hall–Kier alpha value is -2.08. The van der Waals surface area contributed by atoms with E-state index in [1.165, 1.54) is 6.07 Å². The summed E-state index contributed by atoms with van der Waals surface area (Å²) in [7, 11) is 0. The van der Waals surface area contributed by atoms with Crippen LogP contribution in [0.15, 0.2) is 42.5 Å². The maximum atomic E-state index is 13.2. The number of amides is 3. The zero-order valence-electron chi connectivity index (χ0n) is 14.1. The van der Waals surface area contributed by atoms with Crippen molar-refractivity contribution in [2.45, 2.75) is 25.8 Å². The van der Waals surface area contributed by atoms with Crippen molar-refractivity contribution in [2.75, 3.05) is 0 Å². The molecule has 8 heteroatoms. The number of carbonyl (C=O) groups excluding carboxylic acids is 3. The number of benzene rings is 2. The van der Waals surface area contributed by atoms with Crippen molar-refractivity contribution < 1.29 is 14.4 Å². The molecule has 0 aromatic heterocycles. The largest absolute Gasteiger partial charge is 0.274 e. The summed E-state index contributed by atoms with van der Waals surface area (Å²) < 4.78 is 0. The third-order valence-electron chi connectivity index (χ3n) is 4.17. The van der Waals surface area contributed by atoms with Crippen molar-refractivity contribution in [2.24, 2.45) is 0 Å². The van der Waals surface area contributed by atoms with Crippen molar-refractivity contribution in [3.63, 3.8) is 0 Å². The molecular weight excluding hydrogens is 411 g/mol. The number of nitrogens with zero attached hydrogens (tertiary/aromatic N) is 2. The molecule has 3 rings (SSSR count). The highest BCUT2D eigenvalue weighted by Gasteiger charge is 2.35. The Labute approximate surface area is 171 Å². The van der Waals surface area contributed by atoms with E-state index in [1.807, 2.05) is 0 Å². The summed E-state index contributed by atoms with van der Waals surface area (Å²) >= 11 is 18.3. The topological polar surface area (TPSA) is 57.7 Å². The molecule has 1 heterocycles. The van der Waals surface area contributed by atoms with Crippen LogP contribution in [0.5, 0.6) is 0 Å². The predicted molar refractivity (Wildman–Crippen MR) is 103 cm³/mol. The maximum Gasteiger partial charge on any atom is 0.274 e. The van der Waals surface area contributed by atoms with Gasteiger partial charge in [0.2, 0.25) is 11.8 Å². The van der Waals surface area contributed by atoms with E-state index in [4.69, 9.17) is 34.8 Å². The molecule has 140 valence electrons. The van der Waals surface area contributed by atoms with E-state index in [9.17, 15) is 14.4 Å². The van der Waals surface area contributed by atoms with Gasteiger partial charge in [-0.3, -0.25) is 14.4 Å². The molecule has 1 aliphatic heterocycles. The summed E-state index contributed by atoms with van der Waals surface area (Å²) in [4.78, 5) is 38.0. The minimum absolute atomic E-state index is 0.0719. The molecule has 0 N–H and O–H groups in total. The normalized spacial score (nSPS) is 14.4. The number of hydrazine groups is 1. The van der Waals surface area contributed by atoms with Crippen LogP contribution < -0.4 is 0 Å². The SMILES string of the molecule is O=C(c1ccccc1Cl)N(Cc1ccc(Cl)cc1Cl)N1C(=O)CCCC1=O. The Morgan fingerprint density at radius 3 is 2.26 bits per heavy atom. The summed E-state index contributed by atoms with van der Waals surface area (Å²) in [5.74, 6) is -1.43. The van der Waals surface area contributed by atoms with Crippen molar-refractivity contribution in [3.8, 4) is 0 Å². The molecular formula is C19H15Cl3N2O3. The highest BCUT2D eigenvalue weighted by molar-refractivity contribution is 6.35. The van der Waals surface area contributed by atoms with E-state index >= 15 is 0 Å². The van der Waals surface area contributed by atoms with Gasteiger partial charge in [-0.15, -0.1) is 0 Å². The van der Waals surface area contributed by atoms with Gasteiger partial charge in [0, 0.05) is 22.9 Å². The molecule has 3 amide bonds.